The molecular weight excluding hydrogens is 357 g/mol. The van der Waals surface area contributed by atoms with Crippen LogP contribution in [0, 0.1) is 0 Å². The van der Waals surface area contributed by atoms with Crippen molar-refractivity contribution in [3.8, 4) is 11.5 Å². The maximum Gasteiger partial charge on any atom is 0.224 e. The Kier molecular flexibility index (Phi) is 5.47. The van der Waals surface area contributed by atoms with Gasteiger partial charge in [-0.2, -0.15) is 0 Å². The summed E-state index contributed by atoms with van der Waals surface area (Å²) in [4.78, 5) is 11.7. The van der Waals surface area contributed by atoms with E-state index in [1.807, 2.05) is 37.3 Å². The Morgan fingerprint density at radius 2 is 1.68 bits per heavy atom. The lowest BCUT2D eigenvalue weighted by molar-refractivity contribution is -0.116. The molecule has 0 aromatic heterocycles. The van der Waals surface area contributed by atoms with E-state index in [0.29, 0.717) is 33.7 Å². The number of carbonyl (C=O) groups excluding carboxylic acids is 1. The third kappa shape index (κ3) is 4.06. The van der Waals surface area contributed by atoms with Crippen LogP contribution in [0.3, 0.4) is 0 Å². The molecule has 0 aliphatic rings. The number of ether oxygens (including phenoxy) is 1. The summed E-state index contributed by atoms with van der Waals surface area (Å²) in [6, 6.07) is 16.6. The fraction of sp³-hybridized carbons (Fsp3) is 0.150. The molecule has 0 atom stereocenters. The zero-order valence-electron chi connectivity index (χ0n) is 13.7. The Labute approximate surface area is 156 Å². The minimum absolute atomic E-state index is 0.0315. The Morgan fingerprint density at radius 1 is 0.960 bits per heavy atom. The van der Waals surface area contributed by atoms with Gasteiger partial charge in [0.1, 0.15) is 11.5 Å². The van der Waals surface area contributed by atoms with E-state index in [9.17, 15) is 4.79 Å². The lowest BCUT2D eigenvalue weighted by Gasteiger charge is -2.12. The van der Waals surface area contributed by atoms with Gasteiger partial charge >= 0.3 is 0 Å². The summed E-state index contributed by atoms with van der Waals surface area (Å²) in [5.41, 5.74) is 0.650. The maximum absolute atomic E-state index is 11.7. The number of rotatable bonds is 5. The molecule has 0 spiro atoms. The van der Waals surface area contributed by atoms with Gasteiger partial charge in [-0.25, -0.2) is 0 Å². The van der Waals surface area contributed by atoms with Crippen LogP contribution in [0.25, 0.3) is 10.8 Å². The highest BCUT2D eigenvalue weighted by molar-refractivity contribution is 6.35. The Hall–Kier alpha value is -2.23. The summed E-state index contributed by atoms with van der Waals surface area (Å²) >= 11 is 12.6. The highest BCUT2D eigenvalue weighted by Gasteiger charge is 2.10. The van der Waals surface area contributed by atoms with Gasteiger partial charge in [-0.1, -0.05) is 54.4 Å². The summed E-state index contributed by atoms with van der Waals surface area (Å²) in [5, 5.41) is 5.74. The van der Waals surface area contributed by atoms with E-state index >= 15 is 0 Å². The topological polar surface area (TPSA) is 38.3 Å². The van der Waals surface area contributed by atoms with Crippen molar-refractivity contribution in [3.63, 3.8) is 0 Å². The molecule has 0 saturated carbocycles. The number of carbonyl (C=O) groups is 1. The molecule has 3 rings (SSSR count). The van der Waals surface area contributed by atoms with Crippen LogP contribution in [0.2, 0.25) is 10.0 Å². The molecule has 3 aromatic carbocycles. The second-order valence-corrected chi connectivity index (χ2v) is 6.45. The Balaban J connectivity index is 1.87. The van der Waals surface area contributed by atoms with Crippen molar-refractivity contribution >= 4 is 45.6 Å². The molecule has 0 saturated heterocycles. The average molecular weight is 374 g/mol. The van der Waals surface area contributed by atoms with Crippen molar-refractivity contribution in [1.82, 2.24) is 0 Å². The number of hydrogen-bond acceptors (Lipinski definition) is 2. The van der Waals surface area contributed by atoms with Crippen molar-refractivity contribution in [3.05, 3.63) is 64.6 Å². The molecule has 5 heteroatoms. The second-order valence-electron chi connectivity index (χ2n) is 5.64. The predicted molar refractivity (Wildman–Crippen MR) is 104 cm³/mol. The van der Waals surface area contributed by atoms with Gasteiger partial charge in [-0.15, -0.1) is 0 Å². The van der Waals surface area contributed by atoms with Gasteiger partial charge in [-0.05, 0) is 36.8 Å². The van der Waals surface area contributed by atoms with Crippen LogP contribution in [0.4, 0.5) is 5.69 Å². The van der Waals surface area contributed by atoms with E-state index in [1.165, 1.54) is 0 Å². The summed E-state index contributed by atoms with van der Waals surface area (Å²) in [5.74, 6) is 1.16. The first-order valence-corrected chi connectivity index (χ1v) is 8.78. The van der Waals surface area contributed by atoms with E-state index in [4.69, 9.17) is 27.9 Å². The number of halogens is 2. The van der Waals surface area contributed by atoms with Gasteiger partial charge in [0, 0.05) is 27.9 Å². The minimum atomic E-state index is -0.0315. The standard InChI is InChI=1S/C20H17Cl2NO2/c1-2-5-20(24)23-13-8-10-19(17(22)12-13)25-18-11-9-16(21)14-6-3-4-7-15(14)18/h3-4,6-12H,2,5H2,1H3,(H,23,24). The zero-order valence-corrected chi connectivity index (χ0v) is 15.2. The molecule has 0 bridgehead atoms. The first-order valence-electron chi connectivity index (χ1n) is 8.03. The fourth-order valence-electron chi connectivity index (χ4n) is 2.55. The predicted octanol–water partition coefficient (Wildman–Crippen LogP) is 6.68. The highest BCUT2D eigenvalue weighted by atomic mass is 35.5. The monoisotopic (exact) mass is 373 g/mol. The number of fused-ring (bicyclic) bond motifs is 1. The van der Waals surface area contributed by atoms with Crippen molar-refractivity contribution < 1.29 is 9.53 Å². The molecule has 0 radical (unpaired) electrons. The van der Waals surface area contributed by atoms with Crippen molar-refractivity contribution in [2.45, 2.75) is 19.8 Å². The highest BCUT2D eigenvalue weighted by Crippen LogP contribution is 2.37. The van der Waals surface area contributed by atoms with E-state index in [1.54, 1.807) is 24.3 Å². The smallest absolute Gasteiger partial charge is 0.224 e. The zero-order chi connectivity index (χ0) is 17.8. The molecule has 0 fully saturated rings. The molecule has 0 aliphatic heterocycles. The lowest BCUT2D eigenvalue weighted by Crippen LogP contribution is -2.10. The van der Waals surface area contributed by atoms with Crippen LogP contribution in [0.5, 0.6) is 11.5 Å². The van der Waals surface area contributed by atoms with E-state index in [2.05, 4.69) is 5.32 Å². The summed E-state index contributed by atoms with van der Waals surface area (Å²) in [7, 11) is 0. The molecule has 1 N–H and O–H groups in total. The minimum Gasteiger partial charge on any atom is -0.455 e. The third-order valence-corrected chi connectivity index (χ3v) is 4.37. The average Bonchev–Trinajstić information content (AvgIpc) is 2.60. The van der Waals surface area contributed by atoms with Crippen LogP contribution in [-0.2, 0) is 4.79 Å². The molecule has 25 heavy (non-hydrogen) atoms. The summed E-state index contributed by atoms with van der Waals surface area (Å²) in [6.07, 6.45) is 1.27. The molecule has 0 heterocycles. The number of amides is 1. The van der Waals surface area contributed by atoms with Gasteiger partial charge < -0.3 is 10.1 Å². The number of benzene rings is 3. The number of anilines is 1. The van der Waals surface area contributed by atoms with Crippen LogP contribution >= 0.6 is 23.2 Å². The van der Waals surface area contributed by atoms with Crippen molar-refractivity contribution in [2.75, 3.05) is 5.32 Å². The molecule has 0 aliphatic carbocycles. The van der Waals surface area contributed by atoms with E-state index in [-0.39, 0.29) is 5.91 Å². The molecule has 1 amide bonds. The maximum atomic E-state index is 11.7. The van der Waals surface area contributed by atoms with Crippen molar-refractivity contribution in [2.24, 2.45) is 0 Å². The van der Waals surface area contributed by atoms with Crippen LogP contribution in [0.1, 0.15) is 19.8 Å². The SMILES string of the molecule is CCCC(=O)Nc1ccc(Oc2ccc(Cl)c3ccccc23)c(Cl)c1. The van der Waals surface area contributed by atoms with Crippen LogP contribution in [-0.4, -0.2) is 5.91 Å². The molecular formula is C20H17Cl2NO2. The number of nitrogens with one attached hydrogen (secondary N) is 1. The Bertz CT molecular complexity index is 925. The largest absolute Gasteiger partial charge is 0.455 e. The van der Waals surface area contributed by atoms with E-state index in [0.717, 1.165) is 17.2 Å². The molecule has 3 aromatic rings. The van der Waals surface area contributed by atoms with E-state index < -0.39 is 0 Å². The van der Waals surface area contributed by atoms with Gasteiger partial charge in [-0.3, -0.25) is 4.79 Å². The van der Waals surface area contributed by atoms with Gasteiger partial charge in [0.2, 0.25) is 5.91 Å². The molecule has 128 valence electrons. The molecule has 0 unspecified atom stereocenters. The van der Waals surface area contributed by atoms with Gasteiger partial charge in [0.25, 0.3) is 0 Å². The van der Waals surface area contributed by atoms with Crippen LogP contribution < -0.4 is 10.1 Å². The van der Waals surface area contributed by atoms with Gasteiger partial charge in [0.15, 0.2) is 0 Å². The Morgan fingerprint density at radius 3 is 2.40 bits per heavy atom. The van der Waals surface area contributed by atoms with Gasteiger partial charge in [0.05, 0.1) is 5.02 Å². The second kappa shape index (κ2) is 7.77. The number of hydrogen-bond donors (Lipinski definition) is 1. The van der Waals surface area contributed by atoms with Crippen LogP contribution in [0.15, 0.2) is 54.6 Å². The molecule has 3 nitrogen and oxygen atoms in total. The first-order chi connectivity index (χ1) is 12.1. The first kappa shape index (κ1) is 17.6. The fourth-order valence-corrected chi connectivity index (χ4v) is 3.00. The quantitative estimate of drug-likeness (QED) is 0.541. The summed E-state index contributed by atoms with van der Waals surface area (Å²) in [6.45, 7) is 1.96. The summed E-state index contributed by atoms with van der Waals surface area (Å²) < 4.78 is 5.98. The lowest BCUT2D eigenvalue weighted by atomic mass is 10.1. The normalized spacial score (nSPS) is 10.7. The third-order valence-electron chi connectivity index (χ3n) is 3.74. The van der Waals surface area contributed by atoms with Crippen molar-refractivity contribution in [1.29, 1.82) is 0 Å².